The highest BCUT2D eigenvalue weighted by Gasteiger charge is 2.63. The second kappa shape index (κ2) is 4.11. The number of rotatable bonds is 2. The summed E-state index contributed by atoms with van der Waals surface area (Å²) in [4.78, 5) is 11.1. The number of carbonyl (C=O) groups is 1. The van der Waals surface area contributed by atoms with E-state index in [1.54, 1.807) is 0 Å². The molecule has 1 aromatic rings. The molecule has 1 aromatic carbocycles. The van der Waals surface area contributed by atoms with Crippen molar-refractivity contribution in [2.24, 2.45) is 0 Å². The number of ketones is 1. The van der Waals surface area contributed by atoms with Gasteiger partial charge in [-0.25, -0.2) is 0 Å². The first-order valence-corrected chi connectivity index (χ1v) is 4.50. The van der Waals surface area contributed by atoms with Gasteiger partial charge in [-0.3, -0.25) is 4.79 Å². The number of carbonyl (C=O) groups excluding carboxylic acids is 1. The third kappa shape index (κ3) is 2.22. The van der Waals surface area contributed by atoms with Crippen LogP contribution in [0.3, 0.4) is 0 Å². The number of alkyl halides is 5. The Hall–Kier alpha value is -1.86. The number of aryl methyl sites for hydroxylation is 1. The molecule has 0 saturated heterocycles. The van der Waals surface area contributed by atoms with Gasteiger partial charge in [0.05, 0.1) is 5.56 Å². The summed E-state index contributed by atoms with van der Waals surface area (Å²) in [6.07, 6.45) is -6.05. The molecule has 3 nitrogen and oxygen atoms in total. The molecule has 0 spiro atoms. The summed E-state index contributed by atoms with van der Waals surface area (Å²) >= 11 is 0. The quantitative estimate of drug-likeness (QED) is 0.641. The topological polar surface area (TPSA) is 57.5 Å². The average molecular weight is 270 g/mol. The minimum absolute atomic E-state index is 0.117. The van der Waals surface area contributed by atoms with E-state index in [0.717, 1.165) is 0 Å². The zero-order valence-corrected chi connectivity index (χ0v) is 8.85. The van der Waals surface area contributed by atoms with Crippen LogP contribution in [0.15, 0.2) is 12.1 Å². The molecule has 18 heavy (non-hydrogen) atoms. The van der Waals surface area contributed by atoms with Gasteiger partial charge in [-0.2, -0.15) is 22.0 Å². The van der Waals surface area contributed by atoms with Crippen molar-refractivity contribution in [2.45, 2.75) is 19.0 Å². The molecule has 100 valence electrons. The monoisotopic (exact) mass is 270 g/mol. The van der Waals surface area contributed by atoms with E-state index in [1.807, 2.05) is 0 Å². The van der Waals surface area contributed by atoms with Gasteiger partial charge in [-0.1, -0.05) is 0 Å². The molecule has 0 aliphatic carbocycles. The zero-order chi connectivity index (χ0) is 14.3. The van der Waals surface area contributed by atoms with Crippen molar-refractivity contribution < 1.29 is 37.0 Å². The molecule has 8 heteroatoms. The summed E-state index contributed by atoms with van der Waals surface area (Å²) in [5, 5.41) is 18.2. The molecule has 0 saturated carbocycles. The Morgan fingerprint density at radius 1 is 1.06 bits per heavy atom. The van der Waals surface area contributed by atoms with Crippen LogP contribution >= 0.6 is 0 Å². The number of Topliss-reactive ketones (excluding diaryl/α,β-unsaturated/α-hetero) is 1. The average Bonchev–Trinajstić information content (AvgIpc) is 2.20. The molecule has 0 aromatic heterocycles. The fourth-order valence-corrected chi connectivity index (χ4v) is 1.17. The van der Waals surface area contributed by atoms with Gasteiger partial charge in [0.1, 0.15) is 11.5 Å². The molecule has 0 fully saturated rings. The Bertz CT molecular complexity index is 493. The van der Waals surface area contributed by atoms with Crippen molar-refractivity contribution in [3.05, 3.63) is 23.3 Å². The molecule has 2 N–H and O–H groups in total. The van der Waals surface area contributed by atoms with Crippen molar-refractivity contribution >= 4 is 5.78 Å². The summed E-state index contributed by atoms with van der Waals surface area (Å²) in [6, 6.07) is 1.08. The van der Waals surface area contributed by atoms with Crippen molar-refractivity contribution in [2.75, 3.05) is 0 Å². The minimum atomic E-state index is -6.05. The zero-order valence-electron chi connectivity index (χ0n) is 8.85. The van der Waals surface area contributed by atoms with Gasteiger partial charge in [0.25, 0.3) is 0 Å². The lowest BCUT2D eigenvalue weighted by molar-refractivity contribution is -0.255. The Labute approximate surface area is 97.5 Å². The Balaban J connectivity index is 3.32. The Morgan fingerprint density at radius 3 is 2.00 bits per heavy atom. The predicted molar refractivity (Wildman–Crippen MR) is 49.8 cm³/mol. The van der Waals surface area contributed by atoms with Crippen LogP contribution in [0.4, 0.5) is 22.0 Å². The fraction of sp³-hybridized carbons (Fsp3) is 0.300. The van der Waals surface area contributed by atoms with Gasteiger partial charge >= 0.3 is 12.1 Å². The molecular weight excluding hydrogens is 263 g/mol. The third-order valence-corrected chi connectivity index (χ3v) is 2.20. The highest BCUT2D eigenvalue weighted by Crippen LogP contribution is 2.40. The molecule has 0 radical (unpaired) electrons. The maximum atomic E-state index is 12.8. The number of halogens is 5. The standard InChI is InChI=1S/C10H7F5O3/c1-4-2-5(7(17)3-6(4)16)8(18)9(11,12)10(13,14)15/h2-3,16-17H,1H3. The maximum absolute atomic E-state index is 12.8. The van der Waals surface area contributed by atoms with E-state index in [0.29, 0.717) is 12.1 Å². The van der Waals surface area contributed by atoms with Crippen LogP contribution in [0.25, 0.3) is 0 Å². The maximum Gasteiger partial charge on any atom is 0.461 e. The molecule has 0 amide bonds. The molecule has 1 rings (SSSR count). The van der Waals surface area contributed by atoms with Gasteiger partial charge in [0.15, 0.2) is 0 Å². The first-order chi connectivity index (χ1) is 7.98. The normalized spacial score (nSPS) is 12.6. The fourth-order valence-electron chi connectivity index (χ4n) is 1.17. The number of benzene rings is 1. The Kier molecular flexibility index (Phi) is 3.24. The highest BCUT2D eigenvalue weighted by atomic mass is 19.4. The van der Waals surface area contributed by atoms with E-state index in [1.165, 1.54) is 6.92 Å². The first-order valence-electron chi connectivity index (χ1n) is 4.50. The number of phenolic OH excluding ortho intramolecular Hbond substituents is 2. The van der Waals surface area contributed by atoms with Crippen molar-refractivity contribution in [3.8, 4) is 11.5 Å². The van der Waals surface area contributed by atoms with Crippen LogP contribution in [-0.2, 0) is 0 Å². The van der Waals surface area contributed by atoms with E-state index < -0.39 is 34.9 Å². The lowest BCUT2D eigenvalue weighted by Crippen LogP contribution is -2.44. The van der Waals surface area contributed by atoms with Gasteiger partial charge in [0, 0.05) is 6.07 Å². The smallest absolute Gasteiger partial charge is 0.461 e. The summed E-state index contributed by atoms with van der Waals surface area (Å²) in [7, 11) is 0. The van der Waals surface area contributed by atoms with Crippen LogP contribution in [0, 0.1) is 6.92 Å². The SMILES string of the molecule is Cc1cc(C(=O)C(F)(F)C(F)(F)F)c(O)cc1O. The molecule has 0 heterocycles. The summed E-state index contributed by atoms with van der Waals surface area (Å²) in [5.41, 5.74) is -1.32. The van der Waals surface area contributed by atoms with Crippen LogP contribution < -0.4 is 0 Å². The Morgan fingerprint density at radius 2 is 1.56 bits per heavy atom. The largest absolute Gasteiger partial charge is 0.508 e. The number of hydrogen-bond donors (Lipinski definition) is 2. The molecule has 0 bridgehead atoms. The molecular formula is C10H7F5O3. The van der Waals surface area contributed by atoms with Crippen LogP contribution in [0.5, 0.6) is 11.5 Å². The van der Waals surface area contributed by atoms with E-state index in [4.69, 9.17) is 10.2 Å². The number of phenols is 2. The first kappa shape index (κ1) is 14.2. The van der Waals surface area contributed by atoms with Crippen LogP contribution in [0.2, 0.25) is 0 Å². The molecule has 0 aliphatic heterocycles. The van der Waals surface area contributed by atoms with Crippen molar-refractivity contribution in [1.82, 2.24) is 0 Å². The van der Waals surface area contributed by atoms with Gasteiger partial charge in [-0.05, 0) is 18.6 Å². The van der Waals surface area contributed by atoms with Crippen LogP contribution in [0.1, 0.15) is 15.9 Å². The van der Waals surface area contributed by atoms with E-state index in [9.17, 15) is 26.7 Å². The number of hydrogen-bond acceptors (Lipinski definition) is 3. The van der Waals surface area contributed by atoms with Gasteiger partial charge < -0.3 is 10.2 Å². The van der Waals surface area contributed by atoms with Gasteiger partial charge in [-0.15, -0.1) is 0 Å². The lowest BCUT2D eigenvalue weighted by Gasteiger charge is -2.18. The van der Waals surface area contributed by atoms with Gasteiger partial charge in [0.2, 0.25) is 5.78 Å². The second-order valence-electron chi connectivity index (χ2n) is 3.56. The predicted octanol–water partition coefficient (Wildman–Crippen LogP) is 2.79. The van der Waals surface area contributed by atoms with E-state index >= 15 is 0 Å². The third-order valence-electron chi connectivity index (χ3n) is 2.20. The highest BCUT2D eigenvalue weighted by molar-refractivity contribution is 6.04. The number of aromatic hydroxyl groups is 2. The lowest BCUT2D eigenvalue weighted by atomic mass is 10.0. The van der Waals surface area contributed by atoms with Crippen LogP contribution in [-0.4, -0.2) is 28.1 Å². The van der Waals surface area contributed by atoms with Crippen molar-refractivity contribution in [1.29, 1.82) is 0 Å². The summed E-state index contributed by atoms with van der Waals surface area (Å²) in [5.74, 6) is -9.85. The molecule has 0 unspecified atom stereocenters. The van der Waals surface area contributed by atoms with E-state index in [2.05, 4.69) is 0 Å². The van der Waals surface area contributed by atoms with Crippen molar-refractivity contribution in [3.63, 3.8) is 0 Å². The molecule has 0 atom stereocenters. The molecule has 0 aliphatic rings. The minimum Gasteiger partial charge on any atom is -0.508 e. The van der Waals surface area contributed by atoms with E-state index in [-0.39, 0.29) is 5.56 Å². The second-order valence-corrected chi connectivity index (χ2v) is 3.56. The summed E-state index contributed by atoms with van der Waals surface area (Å²) in [6.45, 7) is 1.18. The summed E-state index contributed by atoms with van der Waals surface area (Å²) < 4.78 is 61.5.